The van der Waals surface area contributed by atoms with E-state index in [1.807, 2.05) is 42.6 Å². The summed E-state index contributed by atoms with van der Waals surface area (Å²) in [5.74, 6) is 0.489. The zero-order chi connectivity index (χ0) is 23.4. The van der Waals surface area contributed by atoms with Crippen molar-refractivity contribution in [2.45, 2.75) is 38.6 Å². The third kappa shape index (κ3) is 5.46. The van der Waals surface area contributed by atoms with Crippen LogP contribution in [0.5, 0.6) is 0 Å². The van der Waals surface area contributed by atoms with Crippen molar-refractivity contribution < 1.29 is 13.4 Å². The topological polar surface area (TPSA) is 111 Å². The van der Waals surface area contributed by atoms with Gasteiger partial charge in [0.1, 0.15) is 5.65 Å². The van der Waals surface area contributed by atoms with Crippen LogP contribution in [0.2, 0.25) is 0 Å². The Hall–Kier alpha value is -2.69. The predicted octanol–water partition coefficient (Wildman–Crippen LogP) is 2.22. The highest BCUT2D eigenvalue weighted by Gasteiger charge is 2.32. The van der Waals surface area contributed by atoms with Crippen molar-refractivity contribution in [3.8, 4) is 0 Å². The van der Waals surface area contributed by atoms with Gasteiger partial charge in [0.25, 0.3) is 0 Å². The van der Waals surface area contributed by atoms with Gasteiger partial charge in [-0.2, -0.15) is 5.10 Å². The number of hydrazone groups is 1. The van der Waals surface area contributed by atoms with Gasteiger partial charge in [-0.15, -0.1) is 0 Å². The number of pyridine rings is 1. The SMILES string of the molecule is CN(Cc1ccccc1)S(C)(=O)=O.OB1NN=C(C2CCCCC2)c2c1cnc1[nH]ccc21. The normalized spacial score (nSPS) is 16.6. The van der Waals surface area contributed by atoms with Crippen LogP contribution in [0.1, 0.15) is 43.2 Å². The molecule has 8 nitrogen and oxygen atoms in total. The van der Waals surface area contributed by atoms with Crippen molar-refractivity contribution >= 4 is 39.3 Å². The number of nitrogens with zero attached hydrogens (tertiary/aromatic N) is 3. The van der Waals surface area contributed by atoms with E-state index in [1.54, 1.807) is 13.2 Å². The summed E-state index contributed by atoms with van der Waals surface area (Å²) in [4.78, 5) is 7.51. The molecule has 2 aliphatic rings. The second-order valence-corrected chi connectivity index (χ2v) is 10.8. The van der Waals surface area contributed by atoms with Crippen LogP contribution in [0.3, 0.4) is 0 Å². The Morgan fingerprint density at radius 2 is 1.88 bits per heavy atom. The van der Waals surface area contributed by atoms with E-state index in [2.05, 4.69) is 20.4 Å². The molecular weight excluding hydrogens is 437 g/mol. The maximum absolute atomic E-state index is 11.1. The highest BCUT2D eigenvalue weighted by molar-refractivity contribution is 7.88. The maximum Gasteiger partial charge on any atom is 0.465 e. The van der Waals surface area contributed by atoms with Gasteiger partial charge in [-0.3, -0.25) is 0 Å². The summed E-state index contributed by atoms with van der Waals surface area (Å²) < 4.78 is 23.4. The van der Waals surface area contributed by atoms with E-state index in [9.17, 15) is 13.4 Å². The summed E-state index contributed by atoms with van der Waals surface area (Å²) in [6.07, 6.45) is 11.1. The van der Waals surface area contributed by atoms with Gasteiger partial charge in [-0.05, 0) is 24.5 Å². The van der Waals surface area contributed by atoms with E-state index in [4.69, 9.17) is 0 Å². The number of H-pyrrole nitrogens is 1. The second-order valence-electron chi connectivity index (χ2n) is 8.70. The lowest BCUT2D eigenvalue weighted by Crippen LogP contribution is -2.50. The van der Waals surface area contributed by atoms with E-state index in [0.29, 0.717) is 12.5 Å². The zero-order valence-corrected chi connectivity index (χ0v) is 19.8. The van der Waals surface area contributed by atoms with Crippen LogP contribution in [-0.2, 0) is 16.6 Å². The van der Waals surface area contributed by atoms with Crippen LogP contribution in [0.4, 0.5) is 0 Å². The molecule has 1 fully saturated rings. The minimum Gasteiger partial charge on any atom is -0.428 e. The standard InChI is InChI=1S/C14H17BN4O.C9H13NO2S/c20-15-11-8-17-14-10(6-7-16-14)12(11)13(18-19-15)9-4-2-1-3-5-9;1-10(13(2,11)12)8-9-6-4-3-5-7-9/h6-9,19-20H,1-5H2,(H,16,17);3-7H,8H2,1-2H3. The summed E-state index contributed by atoms with van der Waals surface area (Å²) in [6, 6.07) is 11.5. The fraction of sp³-hybridized carbons (Fsp3) is 0.391. The molecule has 1 aliphatic heterocycles. The fourth-order valence-corrected chi connectivity index (χ4v) is 4.79. The molecule has 0 atom stereocenters. The van der Waals surface area contributed by atoms with Gasteiger partial charge < -0.3 is 15.3 Å². The van der Waals surface area contributed by atoms with E-state index < -0.39 is 17.1 Å². The summed E-state index contributed by atoms with van der Waals surface area (Å²) in [5.41, 5.74) is 4.87. The lowest BCUT2D eigenvalue weighted by atomic mass is 9.68. The van der Waals surface area contributed by atoms with Crippen molar-refractivity contribution in [3.05, 3.63) is 59.9 Å². The first-order chi connectivity index (χ1) is 15.8. The molecule has 2 aromatic heterocycles. The molecule has 1 saturated carbocycles. The Morgan fingerprint density at radius 3 is 2.58 bits per heavy atom. The van der Waals surface area contributed by atoms with Gasteiger partial charge in [0, 0.05) is 48.3 Å². The molecule has 1 aliphatic carbocycles. The molecule has 5 rings (SSSR count). The maximum atomic E-state index is 11.1. The first kappa shape index (κ1) is 23.5. The van der Waals surface area contributed by atoms with Crippen LogP contribution >= 0.6 is 0 Å². The molecule has 3 N–H and O–H groups in total. The average Bonchev–Trinajstić information content (AvgIpc) is 3.30. The highest BCUT2D eigenvalue weighted by atomic mass is 32.2. The van der Waals surface area contributed by atoms with E-state index >= 15 is 0 Å². The first-order valence-corrected chi connectivity index (χ1v) is 13.1. The van der Waals surface area contributed by atoms with Crippen LogP contribution < -0.4 is 10.8 Å². The molecule has 1 aromatic carbocycles. The van der Waals surface area contributed by atoms with Gasteiger partial charge in [-0.1, -0.05) is 49.6 Å². The largest absolute Gasteiger partial charge is 0.465 e. The Labute approximate surface area is 195 Å². The molecule has 0 unspecified atom stereocenters. The summed E-state index contributed by atoms with van der Waals surface area (Å²) >= 11 is 0. The minimum atomic E-state index is -3.07. The Balaban J connectivity index is 0.000000174. The minimum absolute atomic E-state index is 0.430. The molecule has 0 radical (unpaired) electrons. The van der Waals surface area contributed by atoms with Crippen molar-refractivity contribution in [1.29, 1.82) is 0 Å². The number of aromatic nitrogens is 2. The average molecular weight is 467 g/mol. The zero-order valence-electron chi connectivity index (χ0n) is 19.0. The number of hydrogen-bond acceptors (Lipinski definition) is 6. The molecule has 0 bridgehead atoms. The summed E-state index contributed by atoms with van der Waals surface area (Å²) in [5, 5.41) is 18.5. The van der Waals surface area contributed by atoms with Gasteiger partial charge in [0.05, 0.1) is 12.0 Å². The van der Waals surface area contributed by atoms with E-state index in [-0.39, 0.29) is 0 Å². The van der Waals surface area contributed by atoms with Gasteiger partial charge in [0.15, 0.2) is 0 Å². The van der Waals surface area contributed by atoms with Crippen molar-refractivity contribution in [1.82, 2.24) is 19.6 Å². The van der Waals surface area contributed by atoms with Crippen LogP contribution in [0.25, 0.3) is 11.0 Å². The first-order valence-electron chi connectivity index (χ1n) is 11.3. The number of benzene rings is 1. The molecule has 0 saturated heterocycles. The molecule has 3 aromatic rings. The monoisotopic (exact) mass is 467 g/mol. The van der Waals surface area contributed by atoms with E-state index in [0.717, 1.165) is 33.3 Å². The molecular formula is C23H30BN5O3S. The van der Waals surface area contributed by atoms with Crippen molar-refractivity contribution in [2.24, 2.45) is 11.0 Å². The molecule has 3 heterocycles. The van der Waals surface area contributed by atoms with Gasteiger partial charge in [-0.25, -0.2) is 17.7 Å². The predicted molar refractivity (Wildman–Crippen MR) is 133 cm³/mol. The quantitative estimate of drug-likeness (QED) is 0.510. The number of nitrogens with one attached hydrogen (secondary N) is 2. The number of sulfonamides is 1. The highest BCUT2D eigenvalue weighted by Crippen LogP contribution is 2.30. The smallest absolute Gasteiger partial charge is 0.428 e. The lowest BCUT2D eigenvalue weighted by Gasteiger charge is -2.28. The second kappa shape index (κ2) is 10.1. The molecule has 0 spiro atoms. The Kier molecular flexibility index (Phi) is 7.16. The number of rotatable bonds is 4. The van der Waals surface area contributed by atoms with Crippen LogP contribution in [0, 0.1) is 5.92 Å². The summed E-state index contributed by atoms with van der Waals surface area (Å²) in [6.45, 7) is 0.430. The van der Waals surface area contributed by atoms with Crippen molar-refractivity contribution in [2.75, 3.05) is 13.3 Å². The third-order valence-electron chi connectivity index (χ3n) is 6.28. The molecule has 0 amide bonds. The van der Waals surface area contributed by atoms with Crippen LogP contribution in [0.15, 0.2) is 53.9 Å². The lowest BCUT2D eigenvalue weighted by molar-refractivity contribution is 0.438. The Morgan fingerprint density at radius 1 is 1.15 bits per heavy atom. The summed E-state index contributed by atoms with van der Waals surface area (Å²) in [7, 11) is -2.26. The molecule has 174 valence electrons. The molecule has 10 heteroatoms. The number of fused-ring (bicyclic) bond motifs is 3. The van der Waals surface area contributed by atoms with Gasteiger partial charge >= 0.3 is 7.05 Å². The molecule has 33 heavy (non-hydrogen) atoms. The Bertz CT molecular complexity index is 1220. The fourth-order valence-electron chi connectivity index (χ4n) is 4.40. The third-order valence-corrected chi connectivity index (χ3v) is 7.54. The van der Waals surface area contributed by atoms with Crippen LogP contribution in [-0.4, -0.2) is 53.8 Å². The van der Waals surface area contributed by atoms with E-state index in [1.165, 1.54) is 42.7 Å². The van der Waals surface area contributed by atoms with Gasteiger partial charge in [0.2, 0.25) is 10.0 Å². The van der Waals surface area contributed by atoms with Crippen molar-refractivity contribution in [3.63, 3.8) is 0 Å². The number of hydrogen-bond donors (Lipinski definition) is 3. The number of aromatic amines is 1.